The lowest BCUT2D eigenvalue weighted by molar-refractivity contribution is -0.119. The van der Waals surface area contributed by atoms with Crippen LogP contribution in [0, 0.1) is 20.8 Å². The van der Waals surface area contributed by atoms with Gasteiger partial charge in [0.15, 0.2) is 0 Å². The normalized spacial score (nSPS) is 12.0. The van der Waals surface area contributed by atoms with Crippen molar-refractivity contribution in [1.29, 1.82) is 0 Å². The largest absolute Gasteiger partial charge is 0.324 e. The number of nitrogens with one attached hydrogen (secondary N) is 1. The molecule has 1 unspecified atom stereocenters. The quantitative estimate of drug-likeness (QED) is 0.755. The maximum atomic E-state index is 12.7. The first-order valence-electron chi connectivity index (χ1n) is 8.39. The van der Waals surface area contributed by atoms with Crippen molar-refractivity contribution in [2.24, 2.45) is 0 Å². The number of rotatable bonds is 4. The summed E-state index contributed by atoms with van der Waals surface area (Å²) in [5.41, 5.74) is 4.31. The molecule has 5 nitrogen and oxygen atoms in total. The molecule has 0 spiro atoms. The maximum absolute atomic E-state index is 12.7. The summed E-state index contributed by atoms with van der Waals surface area (Å²) < 4.78 is 1.24. The molecule has 0 radical (unpaired) electrons. The third kappa shape index (κ3) is 3.60. The molecule has 26 heavy (non-hydrogen) atoms. The van der Waals surface area contributed by atoms with Crippen molar-refractivity contribution in [3.8, 4) is 10.6 Å². The van der Waals surface area contributed by atoms with E-state index in [4.69, 9.17) is 0 Å². The molecule has 3 rings (SSSR count). The summed E-state index contributed by atoms with van der Waals surface area (Å²) >= 11 is 1.54. The summed E-state index contributed by atoms with van der Waals surface area (Å²) in [7, 11) is 0. The number of amides is 1. The average Bonchev–Trinajstić information content (AvgIpc) is 3.12. The van der Waals surface area contributed by atoms with Gasteiger partial charge in [-0.25, -0.2) is 4.68 Å². The Morgan fingerprint density at radius 1 is 1.15 bits per heavy atom. The van der Waals surface area contributed by atoms with Crippen molar-refractivity contribution in [3.05, 3.63) is 68.8 Å². The van der Waals surface area contributed by atoms with Crippen LogP contribution in [-0.2, 0) is 4.79 Å². The van der Waals surface area contributed by atoms with Gasteiger partial charge < -0.3 is 5.32 Å². The van der Waals surface area contributed by atoms with Crippen LogP contribution in [0.25, 0.3) is 10.6 Å². The molecule has 0 aliphatic heterocycles. The van der Waals surface area contributed by atoms with E-state index in [1.807, 2.05) is 50.4 Å². The predicted molar refractivity (Wildman–Crippen MR) is 106 cm³/mol. The second kappa shape index (κ2) is 7.25. The van der Waals surface area contributed by atoms with Crippen molar-refractivity contribution in [3.63, 3.8) is 0 Å². The third-order valence-corrected chi connectivity index (χ3v) is 5.16. The van der Waals surface area contributed by atoms with Crippen LogP contribution in [0.3, 0.4) is 0 Å². The van der Waals surface area contributed by atoms with Gasteiger partial charge in [0.2, 0.25) is 5.91 Å². The van der Waals surface area contributed by atoms with Crippen LogP contribution < -0.4 is 10.9 Å². The molecule has 0 fully saturated rings. The Morgan fingerprint density at radius 3 is 2.46 bits per heavy atom. The zero-order valence-electron chi connectivity index (χ0n) is 15.2. The van der Waals surface area contributed by atoms with Gasteiger partial charge in [-0.2, -0.15) is 5.10 Å². The van der Waals surface area contributed by atoms with Crippen LogP contribution in [0.4, 0.5) is 5.69 Å². The van der Waals surface area contributed by atoms with Gasteiger partial charge in [0.25, 0.3) is 5.56 Å². The second-order valence-electron chi connectivity index (χ2n) is 6.42. The fourth-order valence-electron chi connectivity index (χ4n) is 2.97. The van der Waals surface area contributed by atoms with Gasteiger partial charge in [-0.05, 0) is 56.3 Å². The van der Waals surface area contributed by atoms with Crippen LogP contribution in [0.5, 0.6) is 0 Å². The molecule has 0 aliphatic carbocycles. The van der Waals surface area contributed by atoms with E-state index in [-0.39, 0.29) is 11.5 Å². The molecule has 0 aliphatic rings. The zero-order valence-corrected chi connectivity index (χ0v) is 16.1. The van der Waals surface area contributed by atoms with Gasteiger partial charge in [-0.15, -0.1) is 11.3 Å². The molecular weight excluding hydrogens is 346 g/mol. The fourth-order valence-corrected chi connectivity index (χ4v) is 3.66. The minimum atomic E-state index is -0.720. The molecule has 6 heteroatoms. The highest BCUT2D eigenvalue weighted by atomic mass is 32.1. The first kappa shape index (κ1) is 18.1. The molecule has 1 N–H and O–H groups in total. The van der Waals surface area contributed by atoms with Crippen LogP contribution in [0.1, 0.15) is 29.7 Å². The van der Waals surface area contributed by atoms with Crippen molar-refractivity contribution >= 4 is 22.9 Å². The van der Waals surface area contributed by atoms with Crippen LogP contribution >= 0.6 is 11.3 Å². The maximum Gasteiger partial charge on any atom is 0.267 e. The van der Waals surface area contributed by atoms with Crippen LogP contribution in [0.15, 0.2) is 46.6 Å². The van der Waals surface area contributed by atoms with Gasteiger partial charge >= 0.3 is 0 Å². The van der Waals surface area contributed by atoms with E-state index in [1.165, 1.54) is 10.7 Å². The Bertz CT molecular complexity index is 983. The summed E-state index contributed by atoms with van der Waals surface area (Å²) in [5, 5.41) is 9.29. The molecule has 134 valence electrons. The average molecular weight is 367 g/mol. The van der Waals surface area contributed by atoms with Gasteiger partial charge in [0.05, 0.1) is 4.88 Å². The molecule has 1 amide bonds. The number of hydrogen-bond acceptors (Lipinski definition) is 4. The van der Waals surface area contributed by atoms with E-state index >= 15 is 0 Å². The van der Waals surface area contributed by atoms with Gasteiger partial charge in [0.1, 0.15) is 11.7 Å². The van der Waals surface area contributed by atoms with E-state index in [0.717, 1.165) is 27.3 Å². The second-order valence-corrected chi connectivity index (χ2v) is 7.37. The van der Waals surface area contributed by atoms with Gasteiger partial charge in [0, 0.05) is 11.8 Å². The monoisotopic (exact) mass is 367 g/mol. The molecule has 2 heterocycles. The molecule has 1 atom stereocenters. The highest BCUT2D eigenvalue weighted by Gasteiger charge is 2.19. The number of carbonyl (C=O) groups is 1. The topological polar surface area (TPSA) is 64.0 Å². The third-order valence-electron chi connectivity index (χ3n) is 4.27. The van der Waals surface area contributed by atoms with Crippen molar-refractivity contribution < 1.29 is 4.79 Å². The van der Waals surface area contributed by atoms with E-state index < -0.39 is 6.04 Å². The highest BCUT2D eigenvalue weighted by Crippen LogP contribution is 2.24. The number of hydrogen-bond donors (Lipinski definition) is 1. The Morgan fingerprint density at radius 2 is 1.85 bits per heavy atom. The summed E-state index contributed by atoms with van der Waals surface area (Å²) in [4.78, 5) is 25.9. The summed E-state index contributed by atoms with van der Waals surface area (Å²) in [5.74, 6) is -0.266. The lowest BCUT2D eigenvalue weighted by Gasteiger charge is -2.17. The number of carbonyl (C=O) groups excluding carboxylic acids is 1. The molecule has 0 bridgehead atoms. The molecular formula is C20H21N3O2S. The highest BCUT2D eigenvalue weighted by molar-refractivity contribution is 7.13. The fraction of sp³-hybridized carbons (Fsp3) is 0.250. The first-order chi connectivity index (χ1) is 12.4. The minimum Gasteiger partial charge on any atom is -0.324 e. The van der Waals surface area contributed by atoms with Crippen LogP contribution in [-0.4, -0.2) is 15.7 Å². The summed E-state index contributed by atoms with van der Waals surface area (Å²) in [6.45, 7) is 7.62. The predicted octanol–water partition coefficient (Wildman–Crippen LogP) is 4.10. The number of anilines is 1. The van der Waals surface area contributed by atoms with E-state index in [2.05, 4.69) is 10.4 Å². The summed E-state index contributed by atoms with van der Waals surface area (Å²) in [6.07, 6.45) is 0. The molecule has 0 saturated carbocycles. The number of aromatic nitrogens is 2. The number of benzene rings is 1. The van der Waals surface area contributed by atoms with E-state index in [1.54, 1.807) is 24.3 Å². The number of nitrogens with zero attached hydrogens (tertiary/aromatic N) is 2. The van der Waals surface area contributed by atoms with Crippen molar-refractivity contribution in [1.82, 2.24) is 9.78 Å². The Hall–Kier alpha value is -2.73. The van der Waals surface area contributed by atoms with Gasteiger partial charge in [-0.3, -0.25) is 9.59 Å². The summed E-state index contributed by atoms with van der Waals surface area (Å²) in [6, 6.07) is 10.3. The Kier molecular flexibility index (Phi) is 5.04. The lowest BCUT2D eigenvalue weighted by atomic mass is 10.0. The standard InChI is InChI=1S/C20H21N3O2S/c1-12-10-13(2)19(14(3)11-12)21-20(25)15(4)23-18(24)8-7-16(22-23)17-6-5-9-26-17/h5-11,15H,1-4H3,(H,21,25). The minimum absolute atomic E-state index is 0.266. The molecule has 0 saturated heterocycles. The smallest absolute Gasteiger partial charge is 0.267 e. The molecule has 1 aromatic carbocycles. The van der Waals surface area contributed by atoms with Crippen molar-refractivity contribution in [2.75, 3.05) is 5.32 Å². The SMILES string of the molecule is Cc1cc(C)c(NC(=O)C(C)n2nc(-c3cccs3)ccc2=O)c(C)c1. The lowest BCUT2D eigenvalue weighted by Crippen LogP contribution is -2.33. The van der Waals surface area contributed by atoms with Crippen LogP contribution in [0.2, 0.25) is 0 Å². The zero-order chi connectivity index (χ0) is 18.8. The molecule has 2 aromatic heterocycles. The number of aryl methyl sites for hydroxylation is 3. The van der Waals surface area contributed by atoms with Crippen molar-refractivity contribution in [2.45, 2.75) is 33.7 Å². The number of thiophene rings is 1. The first-order valence-corrected chi connectivity index (χ1v) is 9.27. The molecule has 3 aromatic rings. The Labute approximate surface area is 156 Å². The Balaban J connectivity index is 1.90. The van der Waals surface area contributed by atoms with E-state index in [0.29, 0.717) is 5.69 Å². The van der Waals surface area contributed by atoms with Gasteiger partial charge in [-0.1, -0.05) is 23.8 Å². The van der Waals surface area contributed by atoms with E-state index in [9.17, 15) is 9.59 Å².